The molecule has 0 fully saturated rings. The van der Waals surface area contributed by atoms with Crippen LogP contribution in [0, 0.1) is 0 Å². The van der Waals surface area contributed by atoms with E-state index in [0.29, 0.717) is 24.5 Å². The Morgan fingerprint density at radius 2 is 1.67 bits per heavy atom. The Morgan fingerprint density at radius 1 is 1.06 bits per heavy atom. The van der Waals surface area contributed by atoms with Gasteiger partial charge >= 0.3 is 12.1 Å². The number of alkyl carbamates (subject to hydrolysis) is 1. The number of aliphatic carboxylic acids is 1. The van der Waals surface area contributed by atoms with Crippen LogP contribution < -0.4 is 5.32 Å². The summed E-state index contributed by atoms with van der Waals surface area (Å²) in [5.41, 5.74) is 4.45. The highest BCUT2D eigenvalue weighted by atomic mass is 16.5. The average Bonchev–Trinajstić information content (AvgIpc) is 3.40. The number of ether oxygens (including phenoxy) is 1. The number of hydrogen-bond donors (Lipinski definition) is 2. The number of benzene rings is 2. The van der Waals surface area contributed by atoms with Crippen LogP contribution in [0.2, 0.25) is 0 Å². The first-order chi connectivity index (χ1) is 15.9. The van der Waals surface area contributed by atoms with E-state index in [1.54, 1.807) is 11.6 Å². The fraction of sp³-hybridized carbons (Fsp3) is 0.360. The van der Waals surface area contributed by atoms with Crippen molar-refractivity contribution in [2.45, 2.75) is 51.6 Å². The van der Waals surface area contributed by atoms with Crippen LogP contribution in [0.3, 0.4) is 0 Å². The molecule has 3 aromatic rings. The van der Waals surface area contributed by atoms with E-state index in [-0.39, 0.29) is 12.5 Å². The van der Waals surface area contributed by atoms with Gasteiger partial charge in [-0.25, -0.2) is 19.3 Å². The average molecular weight is 449 g/mol. The van der Waals surface area contributed by atoms with Crippen LogP contribution in [0.25, 0.3) is 11.1 Å². The number of aromatic nitrogens is 3. The van der Waals surface area contributed by atoms with Crippen molar-refractivity contribution >= 4 is 12.1 Å². The summed E-state index contributed by atoms with van der Waals surface area (Å²) >= 11 is 0. The predicted molar refractivity (Wildman–Crippen MR) is 123 cm³/mol. The molecule has 1 amide bonds. The highest BCUT2D eigenvalue weighted by molar-refractivity contribution is 5.81. The molecule has 2 unspecified atom stereocenters. The van der Waals surface area contributed by atoms with Crippen LogP contribution in [0.5, 0.6) is 0 Å². The smallest absolute Gasteiger partial charge is 0.407 e. The first-order valence-electron chi connectivity index (χ1n) is 11.2. The minimum atomic E-state index is -1.21. The number of carbonyl (C=O) groups excluding carboxylic acids is 1. The van der Waals surface area contributed by atoms with E-state index < -0.39 is 24.1 Å². The van der Waals surface area contributed by atoms with Gasteiger partial charge in [0.1, 0.15) is 12.4 Å². The van der Waals surface area contributed by atoms with E-state index in [9.17, 15) is 14.7 Å². The maximum atomic E-state index is 12.6. The van der Waals surface area contributed by atoms with Crippen LogP contribution in [-0.4, -0.2) is 44.6 Å². The maximum Gasteiger partial charge on any atom is 0.407 e. The SMILES string of the molecule is CCc1nc(CC)n(C(C)C(NC(=O)OCC2c3ccccc3-c3ccccc32)C(=O)O)n1. The number of aryl methyl sites for hydroxylation is 2. The number of hydrogen-bond acceptors (Lipinski definition) is 5. The lowest BCUT2D eigenvalue weighted by Gasteiger charge is -2.23. The molecule has 0 spiro atoms. The second-order valence-corrected chi connectivity index (χ2v) is 8.12. The standard InChI is InChI=1S/C25H28N4O4/c1-4-21-26-22(5-2)29(28-21)15(3)23(24(30)31)27-25(32)33-14-20-18-12-8-6-10-16(18)17-11-7-9-13-19(17)20/h6-13,15,20,23H,4-5,14H2,1-3H3,(H,27,32)(H,30,31). The summed E-state index contributed by atoms with van der Waals surface area (Å²) in [6.45, 7) is 5.69. The molecule has 0 bridgehead atoms. The molecular weight excluding hydrogens is 420 g/mol. The van der Waals surface area contributed by atoms with Gasteiger partial charge in [0.05, 0.1) is 6.04 Å². The molecule has 2 aromatic carbocycles. The van der Waals surface area contributed by atoms with Gasteiger partial charge in [0.25, 0.3) is 0 Å². The van der Waals surface area contributed by atoms with Gasteiger partial charge < -0.3 is 15.2 Å². The molecule has 0 aliphatic heterocycles. The molecule has 0 radical (unpaired) electrons. The van der Waals surface area contributed by atoms with Crippen LogP contribution >= 0.6 is 0 Å². The van der Waals surface area contributed by atoms with Crippen molar-refractivity contribution in [3.63, 3.8) is 0 Å². The van der Waals surface area contributed by atoms with Crippen molar-refractivity contribution in [1.82, 2.24) is 20.1 Å². The molecular formula is C25H28N4O4. The van der Waals surface area contributed by atoms with Crippen molar-refractivity contribution in [2.24, 2.45) is 0 Å². The van der Waals surface area contributed by atoms with Gasteiger partial charge in [0.15, 0.2) is 11.9 Å². The summed E-state index contributed by atoms with van der Waals surface area (Å²) in [6.07, 6.45) is 0.476. The molecule has 33 heavy (non-hydrogen) atoms. The minimum Gasteiger partial charge on any atom is -0.480 e. The second kappa shape index (κ2) is 9.44. The summed E-state index contributed by atoms with van der Waals surface area (Å²) in [5.74, 6) is 0.0634. The number of carboxylic acid groups (broad SMARTS) is 1. The highest BCUT2D eigenvalue weighted by Crippen LogP contribution is 2.44. The van der Waals surface area contributed by atoms with Gasteiger partial charge in [-0.1, -0.05) is 62.4 Å². The molecule has 8 heteroatoms. The monoisotopic (exact) mass is 448 g/mol. The van der Waals surface area contributed by atoms with Crippen molar-refractivity contribution < 1.29 is 19.4 Å². The molecule has 2 atom stereocenters. The minimum absolute atomic E-state index is 0.0991. The zero-order valence-electron chi connectivity index (χ0n) is 19.0. The molecule has 4 rings (SSSR count). The lowest BCUT2D eigenvalue weighted by atomic mass is 9.98. The maximum absolute atomic E-state index is 12.6. The number of amides is 1. The normalized spacial score (nSPS) is 14.3. The molecule has 1 aliphatic carbocycles. The van der Waals surface area contributed by atoms with Crippen LogP contribution in [0.1, 0.15) is 55.5 Å². The number of rotatable bonds is 8. The summed E-state index contributed by atoms with van der Waals surface area (Å²) in [7, 11) is 0. The first kappa shape index (κ1) is 22.5. The van der Waals surface area contributed by atoms with Gasteiger partial charge in [-0.3, -0.25) is 0 Å². The Hall–Kier alpha value is -3.68. The molecule has 0 saturated carbocycles. The zero-order chi connectivity index (χ0) is 23.5. The topological polar surface area (TPSA) is 106 Å². The lowest BCUT2D eigenvalue weighted by Crippen LogP contribution is -2.46. The predicted octanol–water partition coefficient (Wildman–Crippen LogP) is 3.96. The summed E-state index contributed by atoms with van der Waals surface area (Å²) in [4.78, 5) is 29.1. The Labute approximate surface area is 192 Å². The Bertz CT molecular complexity index is 1130. The van der Waals surface area contributed by atoms with Crippen molar-refractivity contribution in [2.75, 3.05) is 6.61 Å². The molecule has 172 valence electrons. The highest BCUT2D eigenvalue weighted by Gasteiger charge is 2.32. The fourth-order valence-corrected chi connectivity index (χ4v) is 4.42. The van der Waals surface area contributed by atoms with Crippen molar-refractivity contribution in [1.29, 1.82) is 0 Å². The van der Waals surface area contributed by atoms with Gasteiger partial charge in [0, 0.05) is 18.8 Å². The van der Waals surface area contributed by atoms with Crippen LogP contribution in [0.15, 0.2) is 48.5 Å². The van der Waals surface area contributed by atoms with E-state index in [4.69, 9.17) is 4.74 Å². The number of fused-ring (bicyclic) bond motifs is 3. The Morgan fingerprint density at radius 3 is 2.21 bits per heavy atom. The molecule has 2 N–H and O–H groups in total. The van der Waals surface area contributed by atoms with E-state index in [0.717, 1.165) is 22.3 Å². The molecule has 0 saturated heterocycles. The number of nitrogens with one attached hydrogen (secondary N) is 1. The lowest BCUT2D eigenvalue weighted by molar-refractivity contribution is -0.140. The molecule has 1 heterocycles. The van der Waals surface area contributed by atoms with E-state index >= 15 is 0 Å². The molecule has 8 nitrogen and oxygen atoms in total. The van der Waals surface area contributed by atoms with Crippen LogP contribution in [-0.2, 0) is 22.4 Å². The number of carboxylic acids is 1. The van der Waals surface area contributed by atoms with Crippen molar-refractivity contribution in [3.05, 3.63) is 71.3 Å². The van der Waals surface area contributed by atoms with Crippen LogP contribution in [0.4, 0.5) is 4.79 Å². The second-order valence-electron chi connectivity index (χ2n) is 8.12. The fourth-order valence-electron chi connectivity index (χ4n) is 4.42. The first-order valence-corrected chi connectivity index (χ1v) is 11.2. The summed E-state index contributed by atoms with van der Waals surface area (Å²) in [5, 5.41) is 16.7. The van der Waals surface area contributed by atoms with Crippen molar-refractivity contribution in [3.8, 4) is 11.1 Å². The molecule has 1 aliphatic rings. The van der Waals surface area contributed by atoms with E-state index in [1.807, 2.05) is 50.2 Å². The summed E-state index contributed by atoms with van der Waals surface area (Å²) in [6, 6.07) is 14.3. The quantitative estimate of drug-likeness (QED) is 0.540. The molecule has 1 aromatic heterocycles. The van der Waals surface area contributed by atoms with E-state index in [1.165, 1.54) is 0 Å². The Kier molecular flexibility index (Phi) is 6.44. The largest absolute Gasteiger partial charge is 0.480 e. The van der Waals surface area contributed by atoms with Gasteiger partial charge in [-0.15, -0.1) is 0 Å². The van der Waals surface area contributed by atoms with Gasteiger partial charge in [-0.2, -0.15) is 5.10 Å². The third kappa shape index (κ3) is 4.33. The third-order valence-electron chi connectivity index (χ3n) is 6.13. The van der Waals surface area contributed by atoms with Gasteiger partial charge in [0.2, 0.25) is 0 Å². The summed E-state index contributed by atoms with van der Waals surface area (Å²) < 4.78 is 7.12. The zero-order valence-corrected chi connectivity index (χ0v) is 19.0. The van der Waals surface area contributed by atoms with Gasteiger partial charge in [-0.05, 0) is 29.2 Å². The number of nitrogens with zero attached hydrogens (tertiary/aromatic N) is 3. The number of carbonyl (C=O) groups is 2. The Balaban J connectivity index is 1.48. The third-order valence-corrected chi connectivity index (χ3v) is 6.13. The van der Waals surface area contributed by atoms with E-state index in [2.05, 4.69) is 27.5 Å².